The first-order chi connectivity index (χ1) is 5.15. The van der Waals surface area contributed by atoms with E-state index in [1.54, 1.807) is 13.2 Å². The SMILES string of the molecule is Bc1cc(N)c(N)nc1OC. The zero-order chi connectivity index (χ0) is 8.43. The Labute approximate surface area is 66.0 Å². The number of pyridine rings is 1. The fourth-order valence-corrected chi connectivity index (χ4v) is 0.838. The maximum absolute atomic E-state index is 5.50. The van der Waals surface area contributed by atoms with Crippen molar-refractivity contribution in [2.24, 2.45) is 0 Å². The van der Waals surface area contributed by atoms with Gasteiger partial charge in [-0.3, -0.25) is 0 Å². The Bertz CT molecular complexity index is 277. The molecule has 0 aromatic carbocycles. The molecule has 11 heavy (non-hydrogen) atoms. The molecule has 0 bridgehead atoms. The minimum Gasteiger partial charge on any atom is -0.481 e. The number of rotatable bonds is 1. The second-order valence-corrected chi connectivity index (χ2v) is 2.29. The highest BCUT2D eigenvalue weighted by atomic mass is 16.5. The van der Waals surface area contributed by atoms with E-state index in [-0.39, 0.29) is 0 Å². The topological polar surface area (TPSA) is 74.2 Å². The van der Waals surface area contributed by atoms with Gasteiger partial charge in [0.25, 0.3) is 0 Å². The Hall–Kier alpha value is -1.39. The molecule has 0 aliphatic carbocycles. The normalized spacial score (nSPS) is 9.55. The molecule has 0 saturated carbocycles. The summed E-state index contributed by atoms with van der Waals surface area (Å²) in [5.74, 6) is 0.837. The van der Waals surface area contributed by atoms with Gasteiger partial charge in [0.15, 0.2) is 5.82 Å². The summed E-state index contributed by atoms with van der Waals surface area (Å²) >= 11 is 0. The molecule has 1 aromatic heterocycles. The van der Waals surface area contributed by atoms with Gasteiger partial charge in [0, 0.05) is 0 Å². The number of ether oxygens (including phenoxy) is 1. The van der Waals surface area contributed by atoms with Crippen molar-refractivity contribution in [3.05, 3.63) is 6.07 Å². The van der Waals surface area contributed by atoms with E-state index in [0.717, 1.165) is 5.46 Å². The van der Waals surface area contributed by atoms with Crippen LogP contribution in [0.25, 0.3) is 0 Å². The molecule has 0 aliphatic rings. The number of nitrogens with two attached hydrogens (primary N) is 2. The van der Waals surface area contributed by atoms with Crippen LogP contribution in [0, 0.1) is 0 Å². The van der Waals surface area contributed by atoms with Gasteiger partial charge < -0.3 is 16.2 Å². The third-order valence-corrected chi connectivity index (χ3v) is 1.42. The molecule has 0 fully saturated rings. The summed E-state index contributed by atoms with van der Waals surface area (Å²) in [5.41, 5.74) is 12.3. The summed E-state index contributed by atoms with van der Waals surface area (Å²) in [5, 5.41) is 0. The van der Waals surface area contributed by atoms with Crippen molar-refractivity contribution in [2.45, 2.75) is 0 Å². The predicted molar refractivity (Wildman–Crippen MR) is 47.8 cm³/mol. The van der Waals surface area contributed by atoms with E-state index in [1.807, 2.05) is 7.85 Å². The lowest BCUT2D eigenvalue weighted by atomic mass is 9.97. The van der Waals surface area contributed by atoms with Crippen molar-refractivity contribution in [3.63, 3.8) is 0 Å². The predicted octanol–water partition coefficient (Wildman–Crippen LogP) is -1.49. The molecule has 1 rings (SSSR count). The van der Waals surface area contributed by atoms with Gasteiger partial charge in [-0.2, -0.15) is 4.98 Å². The van der Waals surface area contributed by atoms with Crippen LogP contribution >= 0.6 is 0 Å². The molecule has 0 atom stereocenters. The highest BCUT2D eigenvalue weighted by Gasteiger charge is 2.02. The first-order valence-corrected chi connectivity index (χ1v) is 3.21. The lowest BCUT2D eigenvalue weighted by Crippen LogP contribution is -2.12. The summed E-state index contributed by atoms with van der Waals surface area (Å²) < 4.78 is 4.93. The smallest absolute Gasteiger partial charge is 0.208 e. The fourth-order valence-electron chi connectivity index (χ4n) is 0.838. The van der Waals surface area contributed by atoms with Gasteiger partial charge in [0.1, 0.15) is 7.85 Å². The van der Waals surface area contributed by atoms with Gasteiger partial charge in [-0.15, -0.1) is 0 Å². The zero-order valence-electron chi connectivity index (χ0n) is 6.59. The van der Waals surface area contributed by atoms with Crippen LogP contribution in [0.5, 0.6) is 5.88 Å². The van der Waals surface area contributed by atoms with Crippen molar-refractivity contribution in [1.82, 2.24) is 4.98 Å². The summed E-state index contributed by atoms with van der Waals surface area (Å²) in [6, 6.07) is 1.74. The van der Waals surface area contributed by atoms with Gasteiger partial charge >= 0.3 is 0 Å². The Morgan fingerprint density at radius 1 is 1.55 bits per heavy atom. The maximum Gasteiger partial charge on any atom is 0.208 e. The van der Waals surface area contributed by atoms with E-state index in [1.165, 1.54) is 0 Å². The van der Waals surface area contributed by atoms with Crippen LogP contribution in [0.3, 0.4) is 0 Å². The van der Waals surface area contributed by atoms with E-state index in [0.29, 0.717) is 17.4 Å². The van der Waals surface area contributed by atoms with Crippen molar-refractivity contribution in [1.29, 1.82) is 0 Å². The highest BCUT2D eigenvalue weighted by molar-refractivity contribution is 6.34. The molecule has 58 valence electrons. The average molecular weight is 151 g/mol. The summed E-state index contributed by atoms with van der Waals surface area (Å²) in [4.78, 5) is 3.92. The van der Waals surface area contributed by atoms with Crippen molar-refractivity contribution in [3.8, 4) is 5.88 Å². The van der Waals surface area contributed by atoms with Gasteiger partial charge in [-0.1, -0.05) is 0 Å². The van der Waals surface area contributed by atoms with Crippen molar-refractivity contribution in [2.75, 3.05) is 18.6 Å². The number of hydrogen-bond donors (Lipinski definition) is 2. The van der Waals surface area contributed by atoms with Crippen LogP contribution in [0.2, 0.25) is 0 Å². The molecule has 1 aromatic rings. The van der Waals surface area contributed by atoms with Crippen molar-refractivity contribution < 1.29 is 4.74 Å². The summed E-state index contributed by atoms with van der Waals surface area (Å²) in [6.07, 6.45) is 0. The van der Waals surface area contributed by atoms with Gasteiger partial charge in [0.05, 0.1) is 12.8 Å². The van der Waals surface area contributed by atoms with Crippen LogP contribution in [0.4, 0.5) is 11.5 Å². The fraction of sp³-hybridized carbons (Fsp3) is 0.167. The standard InChI is InChI=1S/C6H10BN3O/c1-11-6-3(7)2-4(8)5(9)10-6/h2H,7-8H2,1H3,(H2,9,10). The minimum absolute atomic E-state index is 0.312. The quantitative estimate of drug-likeness (QED) is 0.479. The number of aromatic nitrogens is 1. The second kappa shape index (κ2) is 2.69. The molecule has 0 aliphatic heterocycles. The molecule has 5 heteroatoms. The van der Waals surface area contributed by atoms with Crippen LogP contribution in [-0.4, -0.2) is 19.9 Å². The molecule has 1 heterocycles. The summed E-state index contributed by atoms with van der Waals surface area (Å²) in [6.45, 7) is 0. The zero-order valence-corrected chi connectivity index (χ0v) is 6.59. The van der Waals surface area contributed by atoms with Crippen molar-refractivity contribution >= 4 is 24.8 Å². The van der Waals surface area contributed by atoms with E-state index in [9.17, 15) is 0 Å². The second-order valence-electron chi connectivity index (χ2n) is 2.29. The van der Waals surface area contributed by atoms with Gasteiger partial charge in [0.2, 0.25) is 5.88 Å². The Morgan fingerprint density at radius 3 is 2.73 bits per heavy atom. The average Bonchev–Trinajstić information content (AvgIpc) is 1.97. The highest BCUT2D eigenvalue weighted by Crippen LogP contribution is 2.12. The molecular weight excluding hydrogens is 141 g/mol. The molecule has 4 N–H and O–H groups in total. The molecule has 0 amide bonds. The van der Waals surface area contributed by atoms with E-state index >= 15 is 0 Å². The Kier molecular flexibility index (Phi) is 1.89. The lowest BCUT2D eigenvalue weighted by molar-refractivity contribution is 0.402. The first-order valence-electron chi connectivity index (χ1n) is 3.21. The van der Waals surface area contributed by atoms with Crippen LogP contribution < -0.4 is 21.7 Å². The van der Waals surface area contributed by atoms with Crippen LogP contribution in [0.1, 0.15) is 0 Å². The third-order valence-electron chi connectivity index (χ3n) is 1.42. The molecule has 4 nitrogen and oxygen atoms in total. The number of hydrogen-bond acceptors (Lipinski definition) is 4. The Balaban J connectivity index is 3.21. The molecule has 0 spiro atoms. The largest absolute Gasteiger partial charge is 0.481 e. The lowest BCUT2D eigenvalue weighted by Gasteiger charge is -2.05. The third kappa shape index (κ3) is 1.37. The molecule has 0 saturated heterocycles. The van der Waals surface area contributed by atoms with Gasteiger partial charge in [-0.05, 0) is 11.5 Å². The minimum atomic E-state index is 0.312. The number of nitrogens with zero attached hydrogens (tertiary/aromatic N) is 1. The van der Waals surface area contributed by atoms with E-state index < -0.39 is 0 Å². The monoisotopic (exact) mass is 151 g/mol. The Morgan fingerprint density at radius 2 is 2.18 bits per heavy atom. The van der Waals surface area contributed by atoms with E-state index in [2.05, 4.69) is 4.98 Å². The maximum atomic E-state index is 5.50. The molecular formula is C6H10BN3O. The van der Waals surface area contributed by atoms with Crippen LogP contribution in [-0.2, 0) is 0 Å². The first kappa shape index (κ1) is 7.72. The molecule has 0 radical (unpaired) electrons. The number of methoxy groups -OCH3 is 1. The number of anilines is 2. The molecule has 0 unspecified atom stereocenters. The number of nitrogen functional groups attached to an aromatic ring is 2. The van der Waals surface area contributed by atoms with Gasteiger partial charge in [-0.25, -0.2) is 0 Å². The van der Waals surface area contributed by atoms with E-state index in [4.69, 9.17) is 16.2 Å². The van der Waals surface area contributed by atoms with Crippen LogP contribution in [0.15, 0.2) is 6.07 Å². The summed E-state index contributed by atoms with van der Waals surface area (Å²) in [7, 11) is 3.41.